The number of hydrogen-bond donors (Lipinski definition) is 4. The molecule has 2 heterocycles. The molecule has 4 rings (SSSR count). The van der Waals surface area contributed by atoms with Gasteiger partial charge in [-0.05, 0) is 29.8 Å². The molecule has 0 atom stereocenters. The summed E-state index contributed by atoms with van der Waals surface area (Å²) < 4.78 is 42.9. The van der Waals surface area contributed by atoms with Crippen molar-refractivity contribution in [3.8, 4) is 5.95 Å². The number of carboxylic acid groups (broad SMARTS) is 1. The molecule has 2 aromatic heterocycles. The largest absolute Gasteiger partial charge is 0.465 e. The van der Waals surface area contributed by atoms with Crippen LogP contribution >= 0.6 is 11.6 Å². The first-order valence-electron chi connectivity index (χ1n) is 9.33. The number of carbonyl (C=O) groups is 1. The first-order chi connectivity index (χ1) is 15.6. The molecule has 33 heavy (non-hydrogen) atoms. The molecule has 0 fully saturated rings. The lowest BCUT2D eigenvalue weighted by molar-refractivity contribution is 0.194. The summed E-state index contributed by atoms with van der Waals surface area (Å²) in [6.07, 6.45) is -1.53. The molecule has 9 nitrogen and oxygen atoms in total. The van der Waals surface area contributed by atoms with Crippen molar-refractivity contribution in [2.24, 2.45) is 0 Å². The average molecular weight is 478 g/mol. The molecule has 6 N–H and O–H groups in total. The van der Waals surface area contributed by atoms with Crippen molar-refractivity contribution in [2.75, 3.05) is 11.5 Å². The maximum absolute atomic E-state index is 14.2. The average Bonchev–Trinajstić information content (AvgIpc) is 3.08. The molecule has 13 heteroatoms. The predicted octanol–water partition coefficient (Wildman–Crippen LogP) is 3.41. The lowest BCUT2D eigenvalue weighted by Crippen LogP contribution is -2.23. The molecule has 4 aromatic rings. The highest BCUT2D eigenvalue weighted by Crippen LogP contribution is 2.28. The van der Waals surface area contributed by atoms with Crippen LogP contribution in [0.25, 0.3) is 16.9 Å². The zero-order valence-corrected chi connectivity index (χ0v) is 17.4. The fourth-order valence-corrected chi connectivity index (χ4v) is 3.47. The van der Waals surface area contributed by atoms with Crippen molar-refractivity contribution in [3.05, 3.63) is 69.6 Å². The molecule has 0 aliphatic rings. The summed E-state index contributed by atoms with van der Waals surface area (Å²) in [5, 5.41) is 16.1. The number of anilines is 2. The van der Waals surface area contributed by atoms with Gasteiger partial charge in [-0.3, -0.25) is 0 Å². The minimum Gasteiger partial charge on any atom is -0.465 e. The topological polar surface area (TPSA) is 145 Å². The fraction of sp³-hybridized carbons (Fsp3) is 0.100. The fourth-order valence-electron chi connectivity index (χ4n) is 3.30. The normalized spacial score (nSPS) is 11.2. The van der Waals surface area contributed by atoms with Crippen LogP contribution in [0.1, 0.15) is 16.8 Å². The first-order valence-corrected chi connectivity index (χ1v) is 9.71. The molecular formula is C20H15ClF3N7O2. The van der Waals surface area contributed by atoms with Crippen molar-refractivity contribution >= 4 is 40.2 Å². The Morgan fingerprint density at radius 2 is 1.82 bits per heavy atom. The van der Waals surface area contributed by atoms with Crippen LogP contribution in [0.3, 0.4) is 0 Å². The molecule has 0 unspecified atom stereocenters. The summed E-state index contributed by atoms with van der Waals surface area (Å²) in [7, 11) is 0. The standard InChI is InChI=1S/C20H15ClF3N7O2/c21-9-1-2-15-11(5-9)14(4-8-3-10(22)6-13(23)16(8)24)30-31(15)19-28-17(25)12(18(26)29-19)7-27-20(32)33/h1-3,5-6,27H,4,7H2,(H,32,33)(H4,25,26,28,29). The summed E-state index contributed by atoms with van der Waals surface area (Å²) >= 11 is 6.10. The minimum absolute atomic E-state index is 0.0476. The second-order valence-electron chi connectivity index (χ2n) is 6.99. The summed E-state index contributed by atoms with van der Waals surface area (Å²) in [5.74, 6) is -3.65. The van der Waals surface area contributed by atoms with Gasteiger partial charge in [0, 0.05) is 22.9 Å². The Labute approximate surface area is 188 Å². The molecular weight excluding hydrogens is 463 g/mol. The Bertz CT molecular complexity index is 1390. The highest BCUT2D eigenvalue weighted by Gasteiger charge is 2.20. The van der Waals surface area contributed by atoms with Gasteiger partial charge in [-0.15, -0.1) is 0 Å². The van der Waals surface area contributed by atoms with Crippen LogP contribution in [0.2, 0.25) is 5.02 Å². The maximum atomic E-state index is 14.2. The molecule has 0 saturated carbocycles. The van der Waals surface area contributed by atoms with Crippen LogP contribution < -0.4 is 16.8 Å². The van der Waals surface area contributed by atoms with Gasteiger partial charge in [-0.25, -0.2) is 18.0 Å². The highest BCUT2D eigenvalue weighted by molar-refractivity contribution is 6.31. The van der Waals surface area contributed by atoms with Gasteiger partial charge in [-0.2, -0.15) is 19.7 Å². The van der Waals surface area contributed by atoms with E-state index in [9.17, 15) is 18.0 Å². The minimum atomic E-state index is -1.32. The van der Waals surface area contributed by atoms with E-state index in [2.05, 4.69) is 20.4 Å². The second kappa shape index (κ2) is 8.47. The molecule has 0 aliphatic carbocycles. The third kappa shape index (κ3) is 4.32. The monoisotopic (exact) mass is 477 g/mol. The lowest BCUT2D eigenvalue weighted by atomic mass is 10.1. The van der Waals surface area contributed by atoms with E-state index >= 15 is 0 Å². The Hall–Kier alpha value is -4.06. The van der Waals surface area contributed by atoms with Gasteiger partial charge in [0.05, 0.1) is 23.3 Å². The SMILES string of the molecule is Nc1nc(-n2nc(Cc3cc(F)cc(F)c3F)c3cc(Cl)ccc32)nc(N)c1CNC(=O)O. The van der Waals surface area contributed by atoms with E-state index in [4.69, 9.17) is 28.2 Å². The van der Waals surface area contributed by atoms with E-state index in [0.717, 1.165) is 6.07 Å². The van der Waals surface area contributed by atoms with Crippen LogP contribution in [0.4, 0.5) is 29.6 Å². The number of nitrogens with two attached hydrogens (primary N) is 2. The van der Waals surface area contributed by atoms with Gasteiger partial charge in [0.2, 0.25) is 0 Å². The third-order valence-corrected chi connectivity index (χ3v) is 5.04. The van der Waals surface area contributed by atoms with Crippen molar-refractivity contribution < 1.29 is 23.1 Å². The first kappa shape index (κ1) is 22.1. The molecule has 2 aromatic carbocycles. The van der Waals surface area contributed by atoms with E-state index in [0.29, 0.717) is 22.0 Å². The number of aromatic nitrogens is 4. The summed E-state index contributed by atoms with van der Waals surface area (Å²) in [5.41, 5.74) is 12.5. The van der Waals surface area contributed by atoms with Gasteiger partial charge in [0.1, 0.15) is 17.5 Å². The van der Waals surface area contributed by atoms with Crippen LogP contribution in [-0.2, 0) is 13.0 Å². The Balaban J connectivity index is 1.83. The van der Waals surface area contributed by atoms with E-state index in [1.54, 1.807) is 18.2 Å². The van der Waals surface area contributed by atoms with E-state index < -0.39 is 23.5 Å². The predicted molar refractivity (Wildman–Crippen MR) is 114 cm³/mol. The molecule has 0 bridgehead atoms. The van der Waals surface area contributed by atoms with Crippen LogP contribution in [0.15, 0.2) is 30.3 Å². The Morgan fingerprint density at radius 1 is 1.12 bits per heavy atom. The van der Waals surface area contributed by atoms with Gasteiger partial charge in [-0.1, -0.05) is 11.6 Å². The molecule has 170 valence electrons. The third-order valence-electron chi connectivity index (χ3n) is 4.81. The maximum Gasteiger partial charge on any atom is 0.404 e. The molecule has 0 spiro atoms. The number of rotatable bonds is 5. The van der Waals surface area contributed by atoms with E-state index in [1.165, 1.54) is 4.68 Å². The van der Waals surface area contributed by atoms with Gasteiger partial charge in [0.15, 0.2) is 11.6 Å². The van der Waals surface area contributed by atoms with Crippen LogP contribution in [0, 0.1) is 17.5 Å². The number of nitrogens with zero attached hydrogens (tertiary/aromatic N) is 4. The van der Waals surface area contributed by atoms with Gasteiger partial charge >= 0.3 is 6.09 Å². The zero-order valence-electron chi connectivity index (χ0n) is 16.6. The number of halogens is 4. The van der Waals surface area contributed by atoms with Crippen LogP contribution in [0.5, 0.6) is 0 Å². The zero-order chi connectivity index (χ0) is 23.9. The summed E-state index contributed by atoms with van der Waals surface area (Å²) in [6, 6.07) is 6.07. The Morgan fingerprint density at radius 3 is 2.48 bits per heavy atom. The van der Waals surface area contributed by atoms with Crippen molar-refractivity contribution in [1.82, 2.24) is 25.1 Å². The number of nitrogen functional groups attached to an aromatic ring is 2. The molecule has 1 amide bonds. The van der Waals surface area contributed by atoms with Gasteiger partial charge in [0.25, 0.3) is 5.95 Å². The number of nitrogens with one attached hydrogen (secondary N) is 1. The molecule has 0 radical (unpaired) electrons. The molecule has 0 aliphatic heterocycles. The van der Waals surface area contributed by atoms with Crippen LogP contribution in [-0.4, -0.2) is 30.9 Å². The highest BCUT2D eigenvalue weighted by atomic mass is 35.5. The number of amides is 1. The molecule has 0 saturated heterocycles. The summed E-state index contributed by atoms with van der Waals surface area (Å²) in [4.78, 5) is 19.0. The second-order valence-corrected chi connectivity index (χ2v) is 7.43. The number of fused-ring (bicyclic) bond motifs is 1. The van der Waals surface area contributed by atoms with Crippen molar-refractivity contribution in [1.29, 1.82) is 0 Å². The lowest BCUT2D eigenvalue weighted by Gasteiger charge is -2.10. The quantitative estimate of drug-likeness (QED) is 0.322. The van der Waals surface area contributed by atoms with E-state index in [-0.39, 0.29) is 47.4 Å². The van der Waals surface area contributed by atoms with E-state index in [1.807, 2.05) is 0 Å². The van der Waals surface area contributed by atoms with Crippen molar-refractivity contribution in [2.45, 2.75) is 13.0 Å². The summed E-state index contributed by atoms with van der Waals surface area (Å²) in [6.45, 7) is -0.210. The number of benzene rings is 2. The smallest absolute Gasteiger partial charge is 0.404 e. The van der Waals surface area contributed by atoms with Gasteiger partial charge < -0.3 is 21.9 Å². The van der Waals surface area contributed by atoms with Crippen molar-refractivity contribution in [3.63, 3.8) is 0 Å². The Kier molecular flexibility index (Phi) is 5.68. The number of hydrogen-bond acceptors (Lipinski definition) is 6.